The second-order valence-electron chi connectivity index (χ2n) is 3.88. The number of benzene rings is 1. The van der Waals surface area contributed by atoms with Gasteiger partial charge in [-0.25, -0.2) is 0 Å². The predicted molar refractivity (Wildman–Crippen MR) is 59.4 cm³/mol. The summed E-state index contributed by atoms with van der Waals surface area (Å²) in [5, 5.41) is 13.1. The Morgan fingerprint density at radius 1 is 1.29 bits per heavy atom. The lowest BCUT2D eigenvalue weighted by atomic mass is 9.97. The summed E-state index contributed by atoms with van der Waals surface area (Å²) in [6.07, 6.45) is -0.431. The Balaban J connectivity index is 2.99. The van der Waals surface area contributed by atoms with E-state index in [1.807, 2.05) is 33.9 Å². The normalized spacial score (nSPS) is 15.2. The van der Waals surface area contributed by atoms with Gasteiger partial charge in [0.25, 0.3) is 0 Å². The molecule has 0 saturated carbocycles. The molecule has 0 amide bonds. The van der Waals surface area contributed by atoms with E-state index in [-0.39, 0.29) is 6.04 Å². The molecule has 78 valence electrons. The Kier molecular flexibility index (Phi) is 3.67. The molecule has 0 bridgehead atoms. The summed E-state index contributed by atoms with van der Waals surface area (Å²) in [4.78, 5) is 0. The standard InChI is InChI=1S/C12H19NO/c1-8-5-6-9(2)11(7-8)12(14)10(3)13-4/h5-7,10,12-14H,1-4H3. The highest BCUT2D eigenvalue weighted by molar-refractivity contribution is 5.32. The van der Waals surface area contributed by atoms with Crippen LogP contribution in [0.5, 0.6) is 0 Å². The summed E-state index contributed by atoms with van der Waals surface area (Å²) in [7, 11) is 1.86. The van der Waals surface area contributed by atoms with Gasteiger partial charge in [-0.2, -0.15) is 0 Å². The molecule has 0 aromatic heterocycles. The van der Waals surface area contributed by atoms with Crippen LogP contribution in [-0.4, -0.2) is 18.2 Å². The number of aryl methyl sites for hydroxylation is 2. The van der Waals surface area contributed by atoms with Crippen molar-refractivity contribution in [2.45, 2.75) is 32.9 Å². The highest BCUT2D eigenvalue weighted by atomic mass is 16.3. The number of rotatable bonds is 3. The Labute approximate surface area is 86.0 Å². The van der Waals surface area contributed by atoms with E-state index in [0.29, 0.717) is 0 Å². The van der Waals surface area contributed by atoms with Crippen LogP contribution in [0.15, 0.2) is 18.2 Å². The second-order valence-corrected chi connectivity index (χ2v) is 3.88. The molecule has 2 unspecified atom stereocenters. The minimum atomic E-state index is -0.431. The maximum atomic E-state index is 10.0. The van der Waals surface area contributed by atoms with Crippen molar-refractivity contribution in [2.24, 2.45) is 0 Å². The topological polar surface area (TPSA) is 32.3 Å². The van der Waals surface area contributed by atoms with Crippen molar-refractivity contribution in [3.05, 3.63) is 34.9 Å². The van der Waals surface area contributed by atoms with Gasteiger partial charge in [0, 0.05) is 6.04 Å². The van der Waals surface area contributed by atoms with Gasteiger partial charge < -0.3 is 10.4 Å². The van der Waals surface area contributed by atoms with Crippen molar-refractivity contribution >= 4 is 0 Å². The molecular formula is C12H19NO. The first-order valence-corrected chi connectivity index (χ1v) is 4.98. The lowest BCUT2D eigenvalue weighted by Gasteiger charge is -2.20. The maximum Gasteiger partial charge on any atom is 0.0942 e. The van der Waals surface area contributed by atoms with Gasteiger partial charge in [-0.05, 0) is 38.9 Å². The number of hydrogen-bond donors (Lipinski definition) is 2. The van der Waals surface area contributed by atoms with Crippen molar-refractivity contribution in [1.82, 2.24) is 5.32 Å². The molecule has 0 aliphatic rings. The summed E-state index contributed by atoms with van der Waals surface area (Å²) in [6, 6.07) is 6.25. The average molecular weight is 193 g/mol. The fourth-order valence-corrected chi connectivity index (χ4v) is 1.51. The van der Waals surface area contributed by atoms with Gasteiger partial charge in [-0.15, -0.1) is 0 Å². The molecule has 1 aromatic carbocycles. The third kappa shape index (κ3) is 2.34. The van der Waals surface area contributed by atoms with Gasteiger partial charge in [0.05, 0.1) is 6.10 Å². The molecule has 0 radical (unpaired) electrons. The predicted octanol–water partition coefficient (Wildman–Crippen LogP) is 1.94. The minimum absolute atomic E-state index is 0.0792. The van der Waals surface area contributed by atoms with Crippen molar-refractivity contribution in [3.63, 3.8) is 0 Å². The molecular weight excluding hydrogens is 174 g/mol. The van der Waals surface area contributed by atoms with Crippen LogP contribution in [0.4, 0.5) is 0 Å². The molecule has 1 rings (SSSR count). The first kappa shape index (κ1) is 11.2. The lowest BCUT2D eigenvalue weighted by Crippen LogP contribution is -2.29. The SMILES string of the molecule is CNC(C)C(O)c1cc(C)ccc1C. The first-order chi connectivity index (χ1) is 6.56. The summed E-state index contributed by atoms with van der Waals surface area (Å²) in [5.74, 6) is 0. The zero-order chi connectivity index (χ0) is 10.7. The smallest absolute Gasteiger partial charge is 0.0942 e. The van der Waals surface area contributed by atoms with Crippen LogP contribution < -0.4 is 5.32 Å². The van der Waals surface area contributed by atoms with Gasteiger partial charge in [-0.3, -0.25) is 0 Å². The molecule has 0 aliphatic heterocycles. The van der Waals surface area contributed by atoms with Crippen molar-refractivity contribution in [3.8, 4) is 0 Å². The summed E-state index contributed by atoms with van der Waals surface area (Å²) in [5.41, 5.74) is 3.35. The van der Waals surface area contributed by atoms with Crippen LogP contribution >= 0.6 is 0 Å². The van der Waals surface area contributed by atoms with Gasteiger partial charge >= 0.3 is 0 Å². The number of nitrogens with one attached hydrogen (secondary N) is 1. The summed E-state index contributed by atoms with van der Waals surface area (Å²) >= 11 is 0. The molecule has 2 nitrogen and oxygen atoms in total. The Bertz CT molecular complexity index is 309. The van der Waals surface area contributed by atoms with E-state index in [2.05, 4.69) is 17.4 Å². The third-order valence-electron chi connectivity index (χ3n) is 2.68. The molecule has 0 saturated heterocycles. The van der Waals surface area contributed by atoms with E-state index in [0.717, 1.165) is 11.1 Å². The van der Waals surface area contributed by atoms with Crippen molar-refractivity contribution in [1.29, 1.82) is 0 Å². The number of likely N-dealkylation sites (N-methyl/N-ethyl adjacent to an activating group) is 1. The highest BCUT2D eigenvalue weighted by Gasteiger charge is 2.16. The van der Waals surface area contributed by atoms with Gasteiger partial charge in [0.1, 0.15) is 0 Å². The molecule has 0 fully saturated rings. The molecule has 2 heteroatoms. The maximum absolute atomic E-state index is 10.0. The molecule has 2 N–H and O–H groups in total. The fourth-order valence-electron chi connectivity index (χ4n) is 1.51. The van der Waals surface area contributed by atoms with Crippen LogP contribution in [0.25, 0.3) is 0 Å². The quantitative estimate of drug-likeness (QED) is 0.769. The van der Waals surface area contributed by atoms with E-state index >= 15 is 0 Å². The molecule has 0 aliphatic carbocycles. The van der Waals surface area contributed by atoms with E-state index in [1.165, 1.54) is 5.56 Å². The van der Waals surface area contributed by atoms with Crippen LogP contribution in [0.2, 0.25) is 0 Å². The van der Waals surface area contributed by atoms with Gasteiger partial charge in [0.2, 0.25) is 0 Å². The van der Waals surface area contributed by atoms with E-state index in [4.69, 9.17) is 0 Å². The van der Waals surface area contributed by atoms with E-state index in [1.54, 1.807) is 0 Å². The molecule has 1 aromatic rings. The minimum Gasteiger partial charge on any atom is -0.387 e. The molecule has 0 spiro atoms. The van der Waals surface area contributed by atoms with E-state index < -0.39 is 6.10 Å². The fraction of sp³-hybridized carbons (Fsp3) is 0.500. The Hall–Kier alpha value is -0.860. The molecule has 2 atom stereocenters. The monoisotopic (exact) mass is 193 g/mol. The second kappa shape index (κ2) is 4.58. The zero-order valence-electron chi connectivity index (χ0n) is 9.33. The van der Waals surface area contributed by atoms with Crippen molar-refractivity contribution < 1.29 is 5.11 Å². The van der Waals surface area contributed by atoms with E-state index in [9.17, 15) is 5.11 Å². The summed E-state index contributed by atoms with van der Waals surface area (Å²) < 4.78 is 0. The largest absolute Gasteiger partial charge is 0.387 e. The molecule has 14 heavy (non-hydrogen) atoms. The Morgan fingerprint density at radius 3 is 2.50 bits per heavy atom. The van der Waals surface area contributed by atoms with Crippen LogP contribution in [0.3, 0.4) is 0 Å². The lowest BCUT2D eigenvalue weighted by molar-refractivity contribution is 0.139. The Morgan fingerprint density at radius 2 is 1.93 bits per heavy atom. The van der Waals surface area contributed by atoms with Gasteiger partial charge in [-0.1, -0.05) is 23.8 Å². The first-order valence-electron chi connectivity index (χ1n) is 4.98. The molecule has 0 heterocycles. The average Bonchev–Trinajstić information content (AvgIpc) is 2.19. The number of hydrogen-bond acceptors (Lipinski definition) is 2. The van der Waals surface area contributed by atoms with Crippen LogP contribution in [0.1, 0.15) is 29.7 Å². The summed E-state index contributed by atoms with van der Waals surface area (Å²) in [6.45, 7) is 6.05. The number of aliphatic hydroxyl groups excluding tert-OH is 1. The van der Waals surface area contributed by atoms with Crippen molar-refractivity contribution in [2.75, 3.05) is 7.05 Å². The number of aliphatic hydroxyl groups is 1. The third-order valence-corrected chi connectivity index (χ3v) is 2.68. The van der Waals surface area contributed by atoms with Gasteiger partial charge in [0.15, 0.2) is 0 Å². The van der Waals surface area contributed by atoms with Crippen LogP contribution in [-0.2, 0) is 0 Å². The highest BCUT2D eigenvalue weighted by Crippen LogP contribution is 2.21. The zero-order valence-corrected chi connectivity index (χ0v) is 9.33. The van der Waals surface area contributed by atoms with Crippen LogP contribution in [0, 0.1) is 13.8 Å².